The van der Waals surface area contributed by atoms with Gasteiger partial charge in [0.2, 0.25) is 0 Å². The number of anilines is 1. The molecule has 0 bridgehead atoms. The largest absolute Gasteiger partial charge is 0.489 e. The molecule has 0 aromatic heterocycles. The van der Waals surface area contributed by atoms with Gasteiger partial charge in [-0.2, -0.15) is 0 Å². The van der Waals surface area contributed by atoms with Gasteiger partial charge in [-0.1, -0.05) is 20.8 Å². The maximum absolute atomic E-state index is 11.6. The Labute approximate surface area is 120 Å². The summed E-state index contributed by atoms with van der Waals surface area (Å²) in [5, 5.41) is 12.1. The first kappa shape index (κ1) is 16.8. The zero-order chi connectivity index (χ0) is 15.4. The minimum absolute atomic E-state index is 0.0871. The molecule has 0 amide bonds. The summed E-state index contributed by atoms with van der Waals surface area (Å²) >= 11 is 0. The van der Waals surface area contributed by atoms with Gasteiger partial charge < -0.3 is 15.2 Å². The van der Waals surface area contributed by atoms with E-state index in [1.54, 1.807) is 12.1 Å². The van der Waals surface area contributed by atoms with Gasteiger partial charge in [0.25, 0.3) is 0 Å². The van der Waals surface area contributed by atoms with Crippen molar-refractivity contribution in [3.63, 3.8) is 0 Å². The first-order chi connectivity index (χ1) is 9.13. The van der Waals surface area contributed by atoms with Gasteiger partial charge in [-0.15, -0.1) is 0 Å². The van der Waals surface area contributed by atoms with Crippen molar-refractivity contribution in [3.8, 4) is 5.75 Å². The summed E-state index contributed by atoms with van der Waals surface area (Å²) in [6, 6.07) is 4.72. The van der Waals surface area contributed by atoms with Crippen LogP contribution >= 0.6 is 0 Å². The molecule has 0 radical (unpaired) electrons. The van der Waals surface area contributed by atoms with Gasteiger partial charge in [0.05, 0.1) is 17.2 Å². The minimum Gasteiger partial charge on any atom is -0.489 e. The molecule has 0 fully saturated rings. The van der Waals surface area contributed by atoms with E-state index in [2.05, 4.69) is 26.1 Å². The van der Waals surface area contributed by atoms with Crippen molar-refractivity contribution in [2.75, 3.05) is 31.3 Å². The lowest BCUT2D eigenvalue weighted by Crippen LogP contribution is -2.19. The number of sulfone groups is 1. The van der Waals surface area contributed by atoms with Crippen LogP contribution in [-0.2, 0) is 9.84 Å². The smallest absolute Gasteiger partial charge is 0.175 e. The summed E-state index contributed by atoms with van der Waals surface area (Å²) in [4.78, 5) is 0.201. The Morgan fingerprint density at radius 3 is 2.45 bits per heavy atom. The third-order valence-corrected chi connectivity index (χ3v) is 3.65. The topological polar surface area (TPSA) is 75.6 Å². The first-order valence-corrected chi connectivity index (χ1v) is 8.34. The Kier molecular flexibility index (Phi) is 5.42. The number of rotatable bonds is 6. The summed E-state index contributed by atoms with van der Waals surface area (Å²) < 4.78 is 28.5. The summed E-state index contributed by atoms with van der Waals surface area (Å²) in [6.45, 7) is 7.01. The molecule has 1 rings (SSSR count). The molecule has 1 aromatic carbocycles. The molecule has 0 aliphatic heterocycles. The summed E-state index contributed by atoms with van der Waals surface area (Å²) in [7, 11) is -3.28. The van der Waals surface area contributed by atoms with E-state index in [1.165, 1.54) is 6.07 Å². The summed E-state index contributed by atoms with van der Waals surface area (Å²) in [6.07, 6.45) is 1.15. The van der Waals surface area contributed by atoms with Crippen LogP contribution in [0.3, 0.4) is 0 Å². The number of benzene rings is 1. The Hall–Kier alpha value is -1.27. The van der Waals surface area contributed by atoms with E-state index in [-0.39, 0.29) is 23.5 Å². The molecule has 0 saturated carbocycles. The van der Waals surface area contributed by atoms with Crippen molar-refractivity contribution >= 4 is 15.5 Å². The van der Waals surface area contributed by atoms with Crippen LogP contribution in [0.15, 0.2) is 23.1 Å². The maximum Gasteiger partial charge on any atom is 0.175 e. The minimum atomic E-state index is -3.28. The fourth-order valence-electron chi connectivity index (χ4n) is 1.51. The number of aliphatic hydroxyl groups is 1. The Bertz CT molecular complexity index is 547. The second kappa shape index (κ2) is 6.45. The highest BCUT2D eigenvalue weighted by Crippen LogP contribution is 2.29. The average molecular weight is 301 g/mol. The van der Waals surface area contributed by atoms with Crippen molar-refractivity contribution in [1.82, 2.24) is 0 Å². The van der Waals surface area contributed by atoms with Gasteiger partial charge in [-0.05, 0) is 17.5 Å². The second-order valence-corrected chi connectivity index (χ2v) is 7.93. The predicted molar refractivity (Wildman–Crippen MR) is 80.1 cm³/mol. The molecule has 2 N–H and O–H groups in total. The van der Waals surface area contributed by atoms with Crippen molar-refractivity contribution in [1.29, 1.82) is 0 Å². The molecular weight excluding hydrogens is 278 g/mol. The Morgan fingerprint density at radius 1 is 1.30 bits per heavy atom. The lowest BCUT2D eigenvalue weighted by Gasteiger charge is -2.21. The van der Waals surface area contributed by atoms with Gasteiger partial charge in [0, 0.05) is 18.9 Å². The lowest BCUT2D eigenvalue weighted by atomic mass is 9.97. The van der Waals surface area contributed by atoms with Crippen molar-refractivity contribution in [3.05, 3.63) is 18.2 Å². The van der Waals surface area contributed by atoms with Crippen LogP contribution in [0.25, 0.3) is 0 Å². The molecular formula is C14H23NO4S. The van der Waals surface area contributed by atoms with E-state index < -0.39 is 9.84 Å². The van der Waals surface area contributed by atoms with E-state index in [1.807, 2.05) is 0 Å². The van der Waals surface area contributed by atoms with E-state index in [0.717, 1.165) is 18.5 Å². The summed E-state index contributed by atoms with van der Waals surface area (Å²) in [5.74, 6) is 0.436. The number of aliphatic hydroxyl groups excluding tert-OH is 1. The molecule has 0 unspecified atom stereocenters. The molecule has 20 heavy (non-hydrogen) atoms. The van der Waals surface area contributed by atoms with Gasteiger partial charge in [0.15, 0.2) is 9.84 Å². The zero-order valence-electron chi connectivity index (χ0n) is 12.4. The monoisotopic (exact) mass is 301 g/mol. The molecule has 1 aromatic rings. The highest BCUT2D eigenvalue weighted by atomic mass is 32.2. The zero-order valence-corrected chi connectivity index (χ0v) is 13.3. The number of hydrogen-bond donors (Lipinski definition) is 2. The first-order valence-electron chi connectivity index (χ1n) is 6.45. The van der Waals surface area contributed by atoms with Gasteiger partial charge in [-0.25, -0.2) is 8.42 Å². The van der Waals surface area contributed by atoms with Crippen LogP contribution in [0.4, 0.5) is 5.69 Å². The van der Waals surface area contributed by atoms with Gasteiger partial charge in [-0.3, -0.25) is 0 Å². The van der Waals surface area contributed by atoms with Crippen molar-refractivity contribution in [2.24, 2.45) is 5.41 Å². The quantitative estimate of drug-likeness (QED) is 0.839. The standard InChI is InChI=1S/C14H23NO4S/c1-14(2,3)10-15-12-6-5-11(20(4,17)18)9-13(12)19-8-7-16/h5-6,9,15-16H,7-8,10H2,1-4H3. The molecule has 5 nitrogen and oxygen atoms in total. The van der Waals surface area contributed by atoms with Crippen LogP contribution in [0.5, 0.6) is 5.75 Å². The Balaban J connectivity index is 3.03. The molecule has 0 aliphatic carbocycles. The molecule has 0 atom stereocenters. The fraction of sp³-hybridized carbons (Fsp3) is 0.571. The van der Waals surface area contributed by atoms with E-state index in [4.69, 9.17) is 9.84 Å². The van der Waals surface area contributed by atoms with E-state index in [9.17, 15) is 8.42 Å². The summed E-state index contributed by atoms with van der Waals surface area (Å²) in [5.41, 5.74) is 0.810. The third-order valence-electron chi connectivity index (χ3n) is 2.54. The van der Waals surface area contributed by atoms with Crippen molar-refractivity contribution < 1.29 is 18.3 Å². The number of ether oxygens (including phenoxy) is 1. The van der Waals surface area contributed by atoms with E-state index in [0.29, 0.717) is 5.75 Å². The van der Waals surface area contributed by atoms with Gasteiger partial charge in [0.1, 0.15) is 12.4 Å². The Morgan fingerprint density at radius 2 is 1.95 bits per heavy atom. The van der Waals surface area contributed by atoms with Crippen LogP contribution in [-0.4, -0.2) is 39.5 Å². The third kappa shape index (κ3) is 5.38. The highest BCUT2D eigenvalue weighted by molar-refractivity contribution is 7.90. The number of nitrogens with one attached hydrogen (secondary N) is 1. The van der Waals surface area contributed by atoms with Crippen molar-refractivity contribution in [2.45, 2.75) is 25.7 Å². The highest BCUT2D eigenvalue weighted by Gasteiger charge is 2.14. The van der Waals surface area contributed by atoms with Gasteiger partial charge >= 0.3 is 0 Å². The van der Waals surface area contributed by atoms with E-state index >= 15 is 0 Å². The fourth-order valence-corrected chi connectivity index (χ4v) is 2.15. The second-order valence-electron chi connectivity index (χ2n) is 5.92. The normalized spacial score (nSPS) is 12.2. The maximum atomic E-state index is 11.6. The molecule has 0 spiro atoms. The SMILES string of the molecule is CC(C)(C)CNc1ccc(S(C)(=O)=O)cc1OCCO. The lowest BCUT2D eigenvalue weighted by molar-refractivity contribution is 0.201. The van der Waals surface area contributed by atoms with Crippen LogP contribution in [0.1, 0.15) is 20.8 Å². The molecule has 114 valence electrons. The molecule has 0 heterocycles. The number of hydrogen-bond acceptors (Lipinski definition) is 5. The predicted octanol–water partition coefficient (Wildman–Crippen LogP) is 1.92. The van der Waals surface area contributed by atoms with Crippen LogP contribution in [0.2, 0.25) is 0 Å². The van der Waals surface area contributed by atoms with Crippen LogP contribution in [0, 0.1) is 5.41 Å². The van der Waals surface area contributed by atoms with Crippen LogP contribution < -0.4 is 10.1 Å². The molecule has 0 saturated heterocycles. The molecule has 0 aliphatic rings. The molecule has 6 heteroatoms. The average Bonchev–Trinajstić information content (AvgIpc) is 2.32.